The van der Waals surface area contributed by atoms with Gasteiger partial charge in [-0.25, -0.2) is 10.1 Å². The van der Waals surface area contributed by atoms with Gasteiger partial charge in [-0.3, -0.25) is 0 Å². The van der Waals surface area contributed by atoms with Crippen LogP contribution in [0.3, 0.4) is 0 Å². The Morgan fingerprint density at radius 3 is 2.44 bits per heavy atom. The molecule has 1 aliphatic heterocycles. The molecule has 1 heterocycles. The van der Waals surface area contributed by atoms with E-state index in [-0.39, 0.29) is 5.70 Å². The van der Waals surface area contributed by atoms with Gasteiger partial charge in [0.05, 0.1) is 12.6 Å². The third kappa shape index (κ3) is 2.90. The second-order valence-electron chi connectivity index (χ2n) is 4.39. The highest BCUT2D eigenvalue weighted by Crippen LogP contribution is 2.21. The van der Waals surface area contributed by atoms with Crippen LogP contribution in [0.4, 0.5) is 5.69 Å². The van der Waals surface area contributed by atoms with Crippen molar-refractivity contribution in [2.75, 3.05) is 18.0 Å². The Bertz CT molecular complexity index is 492. The molecular weight excluding hydrogens is 222 g/mol. The van der Waals surface area contributed by atoms with Gasteiger partial charge in [0.2, 0.25) is 0 Å². The maximum absolute atomic E-state index is 8.71. The fourth-order valence-corrected chi connectivity index (χ4v) is 2.18. The van der Waals surface area contributed by atoms with Crippen molar-refractivity contribution >= 4 is 11.8 Å². The molecule has 0 saturated carbocycles. The molecule has 18 heavy (non-hydrogen) atoms. The number of nitrogens with zero attached hydrogens (tertiary/aromatic N) is 3. The van der Waals surface area contributed by atoms with E-state index in [0.29, 0.717) is 0 Å². The van der Waals surface area contributed by atoms with Gasteiger partial charge in [0.1, 0.15) is 0 Å². The zero-order valence-corrected chi connectivity index (χ0v) is 10.3. The molecule has 0 amide bonds. The van der Waals surface area contributed by atoms with Crippen LogP contribution in [0.2, 0.25) is 0 Å². The van der Waals surface area contributed by atoms with Crippen LogP contribution < -0.4 is 4.90 Å². The van der Waals surface area contributed by atoms with E-state index in [2.05, 4.69) is 21.9 Å². The van der Waals surface area contributed by atoms with Gasteiger partial charge < -0.3 is 4.90 Å². The van der Waals surface area contributed by atoms with Crippen LogP contribution in [0.25, 0.3) is 10.9 Å². The molecule has 90 valence electrons. The van der Waals surface area contributed by atoms with Gasteiger partial charge in [-0.05, 0) is 43.0 Å². The Morgan fingerprint density at radius 1 is 1.22 bits per heavy atom. The van der Waals surface area contributed by atoms with Gasteiger partial charge >= 0.3 is 0 Å². The molecule has 2 rings (SSSR count). The maximum atomic E-state index is 8.71. The zero-order valence-electron chi connectivity index (χ0n) is 10.3. The number of hydrogen-bond acceptors (Lipinski definition) is 2. The van der Waals surface area contributed by atoms with E-state index in [1.807, 2.05) is 18.2 Å². The van der Waals surface area contributed by atoms with Gasteiger partial charge in [0.15, 0.2) is 0 Å². The second-order valence-corrected chi connectivity index (χ2v) is 4.39. The Kier molecular flexibility index (Phi) is 3.99. The second kappa shape index (κ2) is 5.89. The molecule has 3 nitrogen and oxygen atoms in total. The van der Waals surface area contributed by atoms with Gasteiger partial charge in [0.25, 0.3) is 5.70 Å². The standard InChI is InChI=1S/C15H15N3/c1-17-14(12-16)11-13-5-7-15(8-6-13)18-9-3-2-4-10-18/h5-8,11H,2-4,9-10H2. The van der Waals surface area contributed by atoms with Crippen LogP contribution in [-0.2, 0) is 0 Å². The van der Waals surface area contributed by atoms with E-state index in [4.69, 9.17) is 11.8 Å². The van der Waals surface area contributed by atoms with Gasteiger partial charge in [-0.1, -0.05) is 12.1 Å². The van der Waals surface area contributed by atoms with Gasteiger partial charge in [-0.15, -0.1) is 0 Å². The summed E-state index contributed by atoms with van der Waals surface area (Å²) in [6.07, 6.45) is 5.47. The third-order valence-corrected chi connectivity index (χ3v) is 3.15. The van der Waals surface area contributed by atoms with Gasteiger partial charge in [-0.2, -0.15) is 0 Å². The fourth-order valence-electron chi connectivity index (χ4n) is 2.18. The predicted molar refractivity (Wildman–Crippen MR) is 72.7 cm³/mol. The zero-order chi connectivity index (χ0) is 12.8. The first kappa shape index (κ1) is 12.2. The molecule has 0 spiro atoms. The highest BCUT2D eigenvalue weighted by molar-refractivity contribution is 5.61. The normalized spacial score (nSPS) is 15.9. The summed E-state index contributed by atoms with van der Waals surface area (Å²) >= 11 is 0. The van der Waals surface area contributed by atoms with Crippen LogP contribution >= 0.6 is 0 Å². The van der Waals surface area contributed by atoms with Crippen molar-refractivity contribution in [1.82, 2.24) is 0 Å². The largest absolute Gasteiger partial charge is 0.372 e. The Morgan fingerprint density at radius 2 is 1.89 bits per heavy atom. The smallest absolute Gasteiger partial charge is 0.262 e. The third-order valence-electron chi connectivity index (χ3n) is 3.15. The highest BCUT2D eigenvalue weighted by Gasteiger charge is 2.10. The summed E-state index contributed by atoms with van der Waals surface area (Å²) < 4.78 is 0. The van der Waals surface area contributed by atoms with Crippen LogP contribution in [0.5, 0.6) is 0 Å². The average molecular weight is 237 g/mol. The minimum Gasteiger partial charge on any atom is -0.372 e. The molecule has 3 heteroatoms. The molecule has 1 saturated heterocycles. The lowest BCUT2D eigenvalue weighted by Gasteiger charge is -2.28. The summed E-state index contributed by atoms with van der Waals surface area (Å²) in [5.41, 5.74) is 2.26. The van der Waals surface area contributed by atoms with Crippen LogP contribution in [-0.4, -0.2) is 13.1 Å². The van der Waals surface area contributed by atoms with Crippen molar-refractivity contribution in [3.05, 3.63) is 46.9 Å². The number of nitriles is 1. The van der Waals surface area contributed by atoms with Crippen LogP contribution in [0, 0.1) is 17.9 Å². The quantitative estimate of drug-likeness (QED) is 0.582. The Labute approximate surface area is 108 Å². The number of benzene rings is 1. The van der Waals surface area contributed by atoms with E-state index in [0.717, 1.165) is 18.7 Å². The summed E-state index contributed by atoms with van der Waals surface area (Å²) in [5.74, 6) is 0. The predicted octanol–water partition coefficient (Wildman–Crippen LogP) is 3.46. The number of rotatable bonds is 2. The number of piperidine rings is 1. The lowest BCUT2D eigenvalue weighted by Crippen LogP contribution is -2.29. The molecule has 0 aliphatic carbocycles. The summed E-state index contributed by atoms with van der Waals surface area (Å²) in [6, 6.07) is 9.94. The molecule has 1 aromatic carbocycles. The van der Waals surface area contributed by atoms with E-state index < -0.39 is 0 Å². The van der Waals surface area contributed by atoms with Crippen molar-refractivity contribution in [1.29, 1.82) is 5.26 Å². The fraction of sp³-hybridized carbons (Fsp3) is 0.333. The molecule has 0 atom stereocenters. The summed E-state index contributed by atoms with van der Waals surface area (Å²) in [6.45, 7) is 9.09. The minimum absolute atomic E-state index is 0.126. The average Bonchev–Trinajstić information content (AvgIpc) is 2.46. The summed E-state index contributed by atoms with van der Waals surface area (Å²) in [7, 11) is 0. The first-order valence-corrected chi connectivity index (χ1v) is 6.18. The number of anilines is 1. The topological polar surface area (TPSA) is 31.4 Å². The lowest BCUT2D eigenvalue weighted by atomic mass is 10.1. The molecule has 1 aliphatic rings. The van der Waals surface area contributed by atoms with E-state index in [9.17, 15) is 0 Å². The van der Waals surface area contributed by atoms with Crippen LogP contribution in [0.1, 0.15) is 24.8 Å². The Balaban J connectivity index is 2.13. The SMILES string of the molecule is [C-]#[N+]C(C#N)=Cc1ccc(N2CCCCC2)cc1. The first-order chi connectivity index (χ1) is 8.83. The minimum atomic E-state index is 0.126. The van der Waals surface area contributed by atoms with Crippen molar-refractivity contribution in [3.8, 4) is 6.07 Å². The number of allylic oxidation sites excluding steroid dienone is 1. The van der Waals surface area contributed by atoms with Crippen LogP contribution in [0.15, 0.2) is 30.0 Å². The van der Waals surface area contributed by atoms with Crippen molar-refractivity contribution in [2.45, 2.75) is 19.3 Å². The van der Waals surface area contributed by atoms with E-state index in [1.54, 1.807) is 6.08 Å². The summed E-state index contributed by atoms with van der Waals surface area (Å²) in [5, 5.41) is 8.71. The molecule has 0 aromatic heterocycles. The lowest BCUT2D eigenvalue weighted by molar-refractivity contribution is 0.578. The summed E-state index contributed by atoms with van der Waals surface area (Å²) in [4.78, 5) is 5.54. The molecule has 0 bridgehead atoms. The van der Waals surface area contributed by atoms with Crippen molar-refractivity contribution < 1.29 is 0 Å². The molecular formula is C15H15N3. The maximum Gasteiger partial charge on any atom is 0.262 e. The number of hydrogen-bond donors (Lipinski definition) is 0. The molecule has 1 aromatic rings. The van der Waals surface area contributed by atoms with E-state index >= 15 is 0 Å². The molecule has 0 radical (unpaired) electrons. The molecule has 1 fully saturated rings. The van der Waals surface area contributed by atoms with E-state index in [1.165, 1.54) is 24.9 Å². The van der Waals surface area contributed by atoms with Crippen molar-refractivity contribution in [2.24, 2.45) is 0 Å². The van der Waals surface area contributed by atoms with Gasteiger partial charge in [0, 0.05) is 18.8 Å². The highest BCUT2D eigenvalue weighted by atomic mass is 15.1. The monoisotopic (exact) mass is 237 g/mol. The molecule has 0 N–H and O–H groups in total. The van der Waals surface area contributed by atoms with Crippen molar-refractivity contribution in [3.63, 3.8) is 0 Å². The first-order valence-electron chi connectivity index (χ1n) is 6.18. The Hall–Kier alpha value is -2.26. The molecule has 0 unspecified atom stereocenters.